The Balaban J connectivity index is 1.44. The average Bonchev–Trinajstić information content (AvgIpc) is 3.64. The van der Waals surface area contributed by atoms with Gasteiger partial charge in [-0.3, -0.25) is 9.59 Å². The van der Waals surface area contributed by atoms with E-state index in [1.165, 1.54) is 11.3 Å². The minimum atomic E-state index is -4.60. The molecule has 0 aliphatic carbocycles. The Hall–Kier alpha value is -3.09. The molecule has 0 saturated carbocycles. The molecular weight excluding hydrogens is 543 g/mol. The van der Waals surface area contributed by atoms with E-state index in [1.54, 1.807) is 48.5 Å². The lowest BCUT2D eigenvalue weighted by atomic mass is 9.90. The monoisotopic (exact) mass is 575 g/mol. The molecule has 3 aromatic rings. The first-order chi connectivity index (χ1) is 19.2. The molecule has 5 rings (SSSR count). The number of carbonyl (C=O) groups excluding carboxylic acids is 2. The van der Waals surface area contributed by atoms with Gasteiger partial charge in [0.1, 0.15) is 16.7 Å². The van der Waals surface area contributed by atoms with E-state index in [9.17, 15) is 22.8 Å². The molecular formula is C28H32F3N5O3S. The molecule has 4 heterocycles. The fourth-order valence-corrected chi connectivity index (χ4v) is 6.37. The zero-order chi connectivity index (χ0) is 28.4. The third kappa shape index (κ3) is 5.84. The second-order valence-electron chi connectivity index (χ2n) is 10.3. The van der Waals surface area contributed by atoms with Crippen molar-refractivity contribution in [2.75, 3.05) is 26.8 Å². The number of likely N-dealkylation sites (N-methyl/N-ethyl adjacent to an activating group) is 1. The van der Waals surface area contributed by atoms with E-state index >= 15 is 0 Å². The molecule has 2 aliphatic heterocycles. The van der Waals surface area contributed by atoms with Gasteiger partial charge in [0, 0.05) is 36.1 Å². The van der Waals surface area contributed by atoms with Crippen molar-refractivity contribution in [1.82, 2.24) is 25.5 Å². The second-order valence-corrected chi connectivity index (χ2v) is 11.2. The smallest absolute Gasteiger partial charge is 0.381 e. The predicted octanol–water partition coefficient (Wildman–Crippen LogP) is 4.56. The van der Waals surface area contributed by atoms with E-state index in [0.29, 0.717) is 60.7 Å². The molecule has 2 amide bonds. The number of aromatic nitrogens is 2. The van der Waals surface area contributed by atoms with Gasteiger partial charge in [-0.2, -0.15) is 13.2 Å². The van der Waals surface area contributed by atoms with Crippen LogP contribution in [0.3, 0.4) is 0 Å². The Bertz CT molecular complexity index is 1370. The average molecular weight is 576 g/mol. The minimum absolute atomic E-state index is 0.0497. The fourth-order valence-electron chi connectivity index (χ4n) is 5.40. The molecule has 2 aliphatic rings. The number of nitrogens with zero attached hydrogens (tertiary/aromatic N) is 3. The highest BCUT2D eigenvalue weighted by Crippen LogP contribution is 2.39. The van der Waals surface area contributed by atoms with Crippen LogP contribution in [-0.4, -0.2) is 65.6 Å². The summed E-state index contributed by atoms with van der Waals surface area (Å²) in [6, 6.07) is 6.27. The van der Waals surface area contributed by atoms with Crippen LogP contribution in [0.15, 0.2) is 35.7 Å². The quantitative estimate of drug-likeness (QED) is 0.429. The molecule has 2 fully saturated rings. The molecule has 8 nitrogen and oxygen atoms in total. The van der Waals surface area contributed by atoms with Crippen LogP contribution in [0.4, 0.5) is 13.2 Å². The number of ether oxygens (including phenoxy) is 1. The minimum Gasteiger partial charge on any atom is -0.381 e. The number of fused-ring (bicyclic) bond motifs is 1. The number of thiazole rings is 1. The molecule has 3 atom stereocenters. The maximum Gasteiger partial charge on any atom is 0.433 e. The number of pyridine rings is 1. The summed E-state index contributed by atoms with van der Waals surface area (Å²) in [6.07, 6.45) is -1.81. The lowest BCUT2D eigenvalue weighted by Crippen LogP contribution is -2.56. The van der Waals surface area contributed by atoms with Crippen LogP contribution in [0.1, 0.15) is 49.4 Å². The van der Waals surface area contributed by atoms with Crippen molar-refractivity contribution in [2.45, 2.75) is 56.9 Å². The number of hydrogen-bond donors (Lipinski definition) is 2. The Morgan fingerprint density at radius 1 is 1.15 bits per heavy atom. The largest absolute Gasteiger partial charge is 0.433 e. The summed E-state index contributed by atoms with van der Waals surface area (Å²) in [5.74, 6) is -0.451. The van der Waals surface area contributed by atoms with E-state index in [1.807, 2.05) is 0 Å². The SMILES string of the molecule is CN[C@@H](C)C(=O)N[C@H](C(=O)N1CCC[C@H]1c1nc(-c2cc(C(F)(F)F)nc3ccccc23)cs1)C1CCOCC1. The summed E-state index contributed by atoms with van der Waals surface area (Å²) in [5, 5.41) is 8.87. The Morgan fingerprint density at radius 2 is 1.90 bits per heavy atom. The van der Waals surface area contributed by atoms with Crippen molar-refractivity contribution in [3.8, 4) is 11.3 Å². The maximum absolute atomic E-state index is 14.0. The number of alkyl halides is 3. The van der Waals surface area contributed by atoms with Crippen LogP contribution in [0.25, 0.3) is 22.2 Å². The van der Waals surface area contributed by atoms with Gasteiger partial charge in [-0.05, 0) is 57.7 Å². The van der Waals surface area contributed by atoms with Gasteiger partial charge in [0.2, 0.25) is 11.8 Å². The van der Waals surface area contributed by atoms with Gasteiger partial charge >= 0.3 is 6.18 Å². The molecule has 1 aromatic carbocycles. The zero-order valence-corrected chi connectivity index (χ0v) is 23.1. The van der Waals surface area contributed by atoms with Crippen molar-refractivity contribution in [3.05, 3.63) is 46.4 Å². The number of benzene rings is 1. The van der Waals surface area contributed by atoms with Crippen molar-refractivity contribution >= 4 is 34.1 Å². The molecule has 0 radical (unpaired) electrons. The summed E-state index contributed by atoms with van der Waals surface area (Å²) in [6.45, 7) is 3.32. The lowest BCUT2D eigenvalue weighted by Gasteiger charge is -2.35. The van der Waals surface area contributed by atoms with Gasteiger partial charge in [-0.15, -0.1) is 11.3 Å². The zero-order valence-electron chi connectivity index (χ0n) is 22.3. The van der Waals surface area contributed by atoms with E-state index in [2.05, 4.69) is 15.6 Å². The summed E-state index contributed by atoms with van der Waals surface area (Å²) in [5.41, 5.74) is 0.0369. The van der Waals surface area contributed by atoms with Crippen LogP contribution in [0.2, 0.25) is 0 Å². The summed E-state index contributed by atoms with van der Waals surface area (Å²) >= 11 is 1.33. The summed E-state index contributed by atoms with van der Waals surface area (Å²) in [4.78, 5) is 37.1. The van der Waals surface area contributed by atoms with Crippen LogP contribution < -0.4 is 10.6 Å². The molecule has 0 spiro atoms. The van der Waals surface area contributed by atoms with E-state index in [-0.39, 0.29) is 29.3 Å². The number of halogens is 3. The number of para-hydroxylation sites is 1. The number of amides is 2. The number of rotatable bonds is 7. The molecule has 0 bridgehead atoms. The first kappa shape index (κ1) is 28.4. The van der Waals surface area contributed by atoms with E-state index < -0.39 is 24.0 Å². The summed E-state index contributed by atoms with van der Waals surface area (Å²) in [7, 11) is 1.69. The third-order valence-electron chi connectivity index (χ3n) is 7.75. The first-order valence-corrected chi connectivity index (χ1v) is 14.3. The lowest BCUT2D eigenvalue weighted by molar-refractivity contribution is -0.141. The van der Waals surface area contributed by atoms with Gasteiger partial charge in [0.05, 0.1) is 23.3 Å². The van der Waals surface area contributed by atoms with Gasteiger partial charge in [-0.25, -0.2) is 9.97 Å². The Labute approximate surface area is 234 Å². The van der Waals surface area contributed by atoms with Crippen molar-refractivity contribution < 1.29 is 27.5 Å². The van der Waals surface area contributed by atoms with Gasteiger partial charge in [0.25, 0.3) is 0 Å². The van der Waals surface area contributed by atoms with Crippen LogP contribution >= 0.6 is 11.3 Å². The second kappa shape index (κ2) is 11.8. The van der Waals surface area contributed by atoms with Crippen molar-refractivity contribution in [2.24, 2.45) is 5.92 Å². The number of likely N-dealkylation sites (tertiary alicyclic amines) is 1. The van der Waals surface area contributed by atoms with E-state index in [4.69, 9.17) is 9.72 Å². The summed E-state index contributed by atoms with van der Waals surface area (Å²) < 4.78 is 46.4. The topological polar surface area (TPSA) is 96.5 Å². The highest BCUT2D eigenvalue weighted by Gasteiger charge is 2.40. The van der Waals surface area contributed by atoms with Crippen molar-refractivity contribution in [3.63, 3.8) is 0 Å². The third-order valence-corrected chi connectivity index (χ3v) is 8.70. The Morgan fingerprint density at radius 3 is 2.62 bits per heavy atom. The number of hydrogen-bond acceptors (Lipinski definition) is 7. The van der Waals surface area contributed by atoms with Crippen LogP contribution in [0.5, 0.6) is 0 Å². The van der Waals surface area contributed by atoms with E-state index in [0.717, 1.165) is 12.5 Å². The van der Waals surface area contributed by atoms with Gasteiger partial charge in [0.15, 0.2) is 0 Å². The standard InChI is InChI=1S/C28H32F3N5O3S/c1-16(32-2)25(37)35-24(17-9-12-39-13-10-17)27(38)36-11-5-8-22(36)26-34-21(15-40-26)19-14-23(28(29,30)31)33-20-7-4-3-6-18(19)20/h3-4,6-7,14-17,22,24,32H,5,8-13H2,1-2H3,(H,35,37)/t16-,22-,24-/m0/s1. The highest BCUT2D eigenvalue weighted by atomic mass is 32.1. The van der Waals surface area contributed by atoms with Crippen LogP contribution in [0, 0.1) is 5.92 Å². The predicted molar refractivity (Wildman–Crippen MR) is 146 cm³/mol. The number of carbonyl (C=O) groups is 2. The fraction of sp³-hybridized carbons (Fsp3) is 0.500. The van der Waals surface area contributed by atoms with Crippen LogP contribution in [-0.2, 0) is 20.5 Å². The molecule has 0 unspecified atom stereocenters. The highest BCUT2D eigenvalue weighted by molar-refractivity contribution is 7.10. The normalized spacial score (nSPS) is 20.0. The number of nitrogens with one attached hydrogen (secondary N) is 2. The van der Waals surface area contributed by atoms with Gasteiger partial charge in [-0.1, -0.05) is 18.2 Å². The molecule has 2 aromatic heterocycles. The molecule has 214 valence electrons. The molecule has 2 N–H and O–H groups in total. The first-order valence-electron chi connectivity index (χ1n) is 13.5. The maximum atomic E-state index is 14.0. The Kier molecular flexibility index (Phi) is 8.39. The van der Waals surface area contributed by atoms with Crippen molar-refractivity contribution in [1.29, 1.82) is 0 Å². The molecule has 12 heteroatoms. The molecule has 40 heavy (non-hydrogen) atoms. The molecule has 2 saturated heterocycles. The van der Waals surface area contributed by atoms with Gasteiger partial charge < -0.3 is 20.3 Å².